The summed E-state index contributed by atoms with van der Waals surface area (Å²) >= 11 is 0. The topological polar surface area (TPSA) is 58.6 Å². The number of aliphatic hydroxyl groups is 1. The standard InChI is InChI=1S/C14H19F2NO3/c1-13(2,3)20-12(19)17-14(4,8-18)9-5-10(15)7-11(16)6-9/h5-7,18H,8H2,1-4H3,(H,17,19)/t14-/m1/s1. The van der Waals surface area contributed by atoms with E-state index >= 15 is 0 Å². The van der Waals surface area contributed by atoms with E-state index in [-0.39, 0.29) is 5.56 Å². The lowest BCUT2D eigenvalue weighted by molar-refractivity contribution is 0.0410. The molecule has 1 aromatic rings. The van der Waals surface area contributed by atoms with Crippen LogP contribution in [0.15, 0.2) is 18.2 Å². The molecule has 1 rings (SSSR count). The van der Waals surface area contributed by atoms with Gasteiger partial charge < -0.3 is 15.2 Å². The van der Waals surface area contributed by atoms with Crippen molar-refractivity contribution in [3.8, 4) is 0 Å². The van der Waals surface area contributed by atoms with Crippen LogP contribution in [0.5, 0.6) is 0 Å². The van der Waals surface area contributed by atoms with E-state index in [9.17, 15) is 18.7 Å². The Kier molecular flexibility index (Phi) is 4.70. The molecule has 0 bridgehead atoms. The summed E-state index contributed by atoms with van der Waals surface area (Å²) in [6.45, 7) is 5.97. The second kappa shape index (κ2) is 5.75. The first-order valence-corrected chi connectivity index (χ1v) is 6.14. The number of ether oxygens (including phenoxy) is 1. The summed E-state index contributed by atoms with van der Waals surface area (Å²) in [6.07, 6.45) is -0.779. The van der Waals surface area contributed by atoms with E-state index in [0.717, 1.165) is 18.2 Å². The Morgan fingerprint density at radius 2 is 1.70 bits per heavy atom. The van der Waals surface area contributed by atoms with Crippen molar-refractivity contribution in [1.82, 2.24) is 5.32 Å². The Labute approximate surface area is 116 Å². The summed E-state index contributed by atoms with van der Waals surface area (Å²) < 4.78 is 31.5. The molecule has 0 spiro atoms. The van der Waals surface area contributed by atoms with Gasteiger partial charge in [-0.3, -0.25) is 0 Å². The van der Waals surface area contributed by atoms with E-state index in [4.69, 9.17) is 4.74 Å². The van der Waals surface area contributed by atoms with Crippen LogP contribution in [0.4, 0.5) is 13.6 Å². The summed E-state index contributed by atoms with van der Waals surface area (Å²) in [6, 6.07) is 2.82. The zero-order valence-corrected chi connectivity index (χ0v) is 12.0. The van der Waals surface area contributed by atoms with Gasteiger partial charge >= 0.3 is 6.09 Å². The molecule has 0 radical (unpaired) electrons. The first-order chi connectivity index (χ1) is 9.05. The Morgan fingerprint density at radius 1 is 1.20 bits per heavy atom. The summed E-state index contributed by atoms with van der Waals surface area (Å²) in [5.74, 6) is -1.57. The molecule has 0 aromatic heterocycles. The molecule has 0 saturated carbocycles. The molecule has 0 fully saturated rings. The maximum Gasteiger partial charge on any atom is 0.408 e. The fraction of sp³-hybridized carbons (Fsp3) is 0.500. The number of amides is 1. The van der Waals surface area contributed by atoms with Gasteiger partial charge in [0.05, 0.1) is 12.1 Å². The number of rotatable bonds is 3. The average molecular weight is 287 g/mol. The van der Waals surface area contributed by atoms with Crippen LogP contribution in [0.1, 0.15) is 33.3 Å². The first-order valence-electron chi connectivity index (χ1n) is 6.14. The van der Waals surface area contributed by atoms with Gasteiger partial charge in [-0.25, -0.2) is 13.6 Å². The van der Waals surface area contributed by atoms with Gasteiger partial charge in [0.1, 0.15) is 17.2 Å². The van der Waals surface area contributed by atoms with Gasteiger partial charge in [-0.2, -0.15) is 0 Å². The van der Waals surface area contributed by atoms with Gasteiger partial charge in [-0.1, -0.05) is 0 Å². The summed E-state index contributed by atoms with van der Waals surface area (Å²) in [4.78, 5) is 11.7. The normalized spacial score (nSPS) is 14.6. The highest BCUT2D eigenvalue weighted by Gasteiger charge is 2.31. The minimum absolute atomic E-state index is 0.114. The third-order valence-electron chi connectivity index (χ3n) is 2.59. The molecule has 1 amide bonds. The predicted octanol–water partition coefficient (Wildman–Crippen LogP) is 2.70. The number of hydrogen-bond donors (Lipinski definition) is 2. The number of aliphatic hydroxyl groups excluding tert-OH is 1. The SMILES string of the molecule is CC(C)(C)OC(=O)N[C@](C)(CO)c1cc(F)cc(F)c1. The van der Waals surface area contributed by atoms with Crippen LogP contribution in [0.2, 0.25) is 0 Å². The fourth-order valence-corrected chi connectivity index (χ4v) is 1.60. The second-order valence-electron chi connectivity index (χ2n) is 5.78. The Morgan fingerprint density at radius 3 is 2.10 bits per heavy atom. The number of alkyl carbamates (subject to hydrolysis) is 1. The van der Waals surface area contributed by atoms with Gasteiger partial charge in [-0.05, 0) is 45.4 Å². The molecule has 2 N–H and O–H groups in total. The minimum Gasteiger partial charge on any atom is -0.444 e. The fourth-order valence-electron chi connectivity index (χ4n) is 1.60. The molecule has 6 heteroatoms. The van der Waals surface area contributed by atoms with Gasteiger partial charge in [0, 0.05) is 6.07 Å². The molecule has 0 heterocycles. The number of hydrogen-bond acceptors (Lipinski definition) is 3. The third-order valence-corrected chi connectivity index (χ3v) is 2.59. The molecule has 0 aliphatic carbocycles. The molecule has 0 unspecified atom stereocenters. The molecule has 4 nitrogen and oxygen atoms in total. The molecule has 112 valence electrons. The lowest BCUT2D eigenvalue weighted by Gasteiger charge is -2.31. The highest BCUT2D eigenvalue weighted by molar-refractivity contribution is 5.69. The van der Waals surface area contributed by atoms with Gasteiger partial charge in [0.25, 0.3) is 0 Å². The molecule has 0 aliphatic rings. The highest BCUT2D eigenvalue weighted by Crippen LogP contribution is 2.23. The van der Waals surface area contributed by atoms with Gasteiger partial charge in [0.2, 0.25) is 0 Å². The quantitative estimate of drug-likeness (QED) is 0.898. The van der Waals surface area contributed by atoms with E-state index in [1.807, 2.05) is 0 Å². The van der Waals surface area contributed by atoms with E-state index < -0.39 is 35.5 Å². The van der Waals surface area contributed by atoms with Crippen molar-refractivity contribution in [3.05, 3.63) is 35.4 Å². The van der Waals surface area contributed by atoms with Crippen molar-refractivity contribution in [3.63, 3.8) is 0 Å². The molecule has 20 heavy (non-hydrogen) atoms. The lowest BCUT2D eigenvalue weighted by Crippen LogP contribution is -2.48. The van der Waals surface area contributed by atoms with Crippen molar-refractivity contribution in [2.45, 2.75) is 38.8 Å². The van der Waals surface area contributed by atoms with Crippen LogP contribution in [-0.2, 0) is 10.3 Å². The molecule has 0 aliphatic heterocycles. The maximum atomic E-state index is 13.2. The summed E-state index contributed by atoms with van der Waals surface area (Å²) in [5, 5.41) is 11.9. The Bertz CT molecular complexity index is 479. The van der Waals surface area contributed by atoms with E-state index in [1.54, 1.807) is 20.8 Å². The maximum absolute atomic E-state index is 13.2. The van der Waals surface area contributed by atoms with Gasteiger partial charge in [0.15, 0.2) is 0 Å². The molecular weight excluding hydrogens is 268 g/mol. The van der Waals surface area contributed by atoms with Crippen molar-refractivity contribution in [1.29, 1.82) is 0 Å². The van der Waals surface area contributed by atoms with Crippen molar-refractivity contribution in [2.75, 3.05) is 6.61 Å². The molecule has 0 saturated heterocycles. The number of halogens is 2. The van der Waals surface area contributed by atoms with Crippen molar-refractivity contribution >= 4 is 6.09 Å². The van der Waals surface area contributed by atoms with Crippen molar-refractivity contribution < 1.29 is 23.4 Å². The van der Waals surface area contributed by atoms with E-state index in [1.165, 1.54) is 6.92 Å². The van der Waals surface area contributed by atoms with E-state index in [2.05, 4.69) is 5.32 Å². The van der Waals surface area contributed by atoms with Crippen LogP contribution in [0.3, 0.4) is 0 Å². The molecule has 1 atom stereocenters. The summed E-state index contributed by atoms with van der Waals surface area (Å²) in [5.41, 5.74) is -1.94. The lowest BCUT2D eigenvalue weighted by atomic mass is 9.93. The average Bonchev–Trinajstić information content (AvgIpc) is 2.24. The zero-order chi connectivity index (χ0) is 15.6. The van der Waals surface area contributed by atoms with E-state index in [0.29, 0.717) is 0 Å². The Balaban J connectivity index is 2.99. The number of carbonyl (C=O) groups is 1. The van der Waals surface area contributed by atoms with Gasteiger partial charge in [-0.15, -0.1) is 0 Å². The van der Waals surface area contributed by atoms with Crippen LogP contribution in [-0.4, -0.2) is 23.4 Å². The summed E-state index contributed by atoms with van der Waals surface area (Å²) in [7, 11) is 0. The largest absolute Gasteiger partial charge is 0.444 e. The highest BCUT2D eigenvalue weighted by atomic mass is 19.1. The smallest absolute Gasteiger partial charge is 0.408 e. The zero-order valence-electron chi connectivity index (χ0n) is 12.0. The molecule has 1 aromatic carbocycles. The number of nitrogens with one attached hydrogen (secondary N) is 1. The second-order valence-corrected chi connectivity index (χ2v) is 5.78. The third kappa shape index (κ3) is 4.45. The van der Waals surface area contributed by atoms with Crippen LogP contribution < -0.4 is 5.32 Å². The first kappa shape index (κ1) is 16.4. The van der Waals surface area contributed by atoms with Crippen LogP contribution in [0.25, 0.3) is 0 Å². The van der Waals surface area contributed by atoms with Crippen LogP contribution in [0, 0.1) is 11.6 Å². The predicted molar refractivity (Wildman–Crippen MR) is 70.2 cm³/mol. The molecular formula is C14H19F2NO3. The minimum atomic E-state index is -1.34. The van der Waals surface area contributed by atoms with Crippen LogP contribution >= 0.6 is 0 Å². The number of benzene rings is 1. The number of carbonyl (C=O) groups excluding carboxylic acids is 1. The Hall–Kier alpha value is -1.69. The monoisotopic (exact) mass is 287 g/mol. The van der Waals surface area contributed by atoms with Crippen molar-refractivity contribution in [2.24, 2.45) is 0 Å².